The van der Waals surface area contributed by atoms with Crippen LogP contribution in [0.4, 0.5) is 0 Å². The molecule has 2 nitrogen and oxygen atoms in total. The lowest BCUT2D eigenvalue weighted by Gasteiger charge is -2.09. The number of hydrogen-bond donors (Lipinski definition) is 1. The summed E-state index contributed by atoms with van der Waals surface area (Å²) in [6.45, 7) is 4.54. The van der Waals surface area contributed by atoms with E-state index >= 15 is 0 Å². The molecule has 1 rings (SSSR count). The molecule has 1 aromatic rings. The van der Waals surface area contributed by atoms with Crippen LogP contribution in [0.3, 0.4) is 0 Å². The Balaban J connectivity index is 0.00000196. The van der Waals surface area contributed by atoms with Crippen molar-refractivity contribution in [2.45, 2.75) is 26.3 Å². The first-order valence-corrected chi connectivity index (χ1v) is 5.18. The summed E-state index contributed by atoms with van der Waals surface area (Å²) < 4.78 is 5.33. The first-order valence-electron chi connectivity index (χ1n) is 4.80. The molecule has 0 aliphatic heterocycles. The van der Waals surface area contributed by atoms with E-state index in [0.29, 0.717) is 11.6 Å². The minimum atomic E-state index is 0. The van der Waals surface area contributed by atoms with Gasteiger partial charge in [0.05, 0.1) is 11.6 Å². The molecule has 0 saturated heterocycles. The SMILES string of the molecule is CCOc1ccc(CC(C)N)cc1Cl.Cl. The van der Waals surface area contributed by atoms with Crippen LogP contribution in [0.25, 0.3) is 0 Å². The summed E-state index contributed by atoms with van der Waals surface area (Å²) in [7, 11) is 0. The van der Waals surface area contributed by atoms with Gasteiger partial charge < -0.3 is 10.5 Å². The fourth-order valence-corrected chi connectivity index (χ4v) is 1.57. The Hall–Kier alpha value is -0.440. The van der Waals surface area contributed by atoms with Crippen LogP contribution >= 0.6 is 24.0 Å². The van der Waals surface area contributed by atoms with Crippen molar-refractivity contribution in [3.05, 3.63) is 28.8 Å². The third kappa shape index (κ3) is 4.74. The summed E-state index contributed by atoms with van der Waals surface area (Å²) in [5.41, 5.74) is 6.84. The highest BCUT2D eigenvalue weighted by atomic mass is 35.5. The van der Waals surface area contributed by atoms with Crippen molar-refractivity contribution >= 4 is 24.0 Å². The topological polar surface area (TPSA) is 35.2 Å². The molecule has 0 aromatic heterocycles. The molecule has 2 N–H and O–H groups in total. The zero-order valence-corrected chi connectivity index (χ0v) is 10.6. The average molecular weight is 250 g/mol. The van der Waals surface area contributed by atoms with E-state index in [1.165, 1.54) is 0 Å². The van der Waals surface area contributed by atoms with Gasteiger partial charge in [-0.1, -0.05) is 17.7 Å². The van der Waals surface area contributed by atoms with Crippen LogP contribution in [0.2, 0.25) is 5.02 Å². The molecule has 0 fully saturated rings. The Morgan fingerprint density at radius 1 is 1.47 bits per heavy atom. The van der Waals surface area contributed by atoms with E-state index in [-0.39, 0.29) is 18.4 Å². The lowest BCUT2D eigenvalue weighted by molar-refractivity contribution is 0.340. The van der Waals surface area contributed by atoms with Crippen LogP contribution in [0.5, 0.6) is 5.75 Å². The van der Waals surface area contributed by atoms with Gasteiger partial charge in [-0.25, -0.2) is 0 Å². The van der Waals surface area contributed by atoms with Crippen molar-refractivity contribution in [1.29, 1.82) is 0 Å². The Labute approximate surface area is 102 Å². The molecule has 0 heterocycles. The molecule has 1 atom stereocenters. The maximum atomic E-state index is 6.03. The van der Waals surface area contributed by atoms with Crippen LogP contribution in [0.15, 0.2) is 18.2 Å². The molecule has 0 aliphatic rings. The van der Waals surface area contributed by atoms with Crippen molar-refractivity contribution < 1.29 is 4.74 Å². The van der Waals surface area contributed by atoms with Gasteiger partial charge in [-0.15, -0.1) is 12.4 Å². The van der Waals surface area contributed by atoms with Gasteiger partial charge in [-0.3, -0.25) is 0 Å². The van der Waals surface area contributed by atoms with Gasteiger partial charge >= 0.3 is 0 Å². The lowest BCUT2D eigenvalue weighted by Crippen LogP contribution is -2.17. The first-order chi connectivity index (χ1) is 6.63. The Kier molecular flexibility index (Phi) is 6.73. The van der Waals surface area contributed by atoms with E-state index in [9.17, 15) is 0 Å². The van der Waals surface area contributed by atoms with Crippen LogP contribution in [0.1, 0.15) is 19.4 Å². The van der Waals surface area contributed by atoms with Crippen LogP contribution in [0, 0.1) is 0 Å². The van der Waals surface area contributed by atoms with Crippen molar-refractivity contribution in [3.8, 4) is 5.75 Å². The van der Waals surface area contributed by atoms with Crippen molar-refractivity contribution in [2.75, 3.05) is 6.61 Å². The van der Waals surface area contributed by atoms with Gasteiger partial charge in [0.15, 0.2) is 0 Å². The maximum absolute atomic E-state index is 6.03. The Morgan fingerprint density at radius 3 is 2.60 bits per heavy atom. The number of benzene rings is 1. The predicted molar refractivity (Wildman–Crippen MR) is 67.2 cm³/mol. The highest BCUT2D eigenvalue weighted by Crippen LogP contribution is 2.25. The molecule has 1 unspecified atom stereocenters. The second kappa shape index (κ2) is 6.94. The second-order valence-electron chi connectivity index (χ2n) is 3.38. The third-order valence-electron chi connectivity index (χ3n) is 1.85. The summed E-state index contributed by atoms with van der Waals surface area (Å²) >= 11 is 6.03. The third-order valence-corrected chi connectivity index (χ3v) is 2.15. The maximum Gasteiger partial charge on any atom is 0.137 e. The molecule has 0 spiro atoms. The molecule has 0 saturated carbocycles. The van der Waals surface area contributed by atoms with E-state index in [2.05, 4.69) is 0 Å². The molecule has 15 heavy (non-hydrogen) atoms. The largest absolute Gasteiger partial charge is 0.492 e. The second-order valence-corrected chi connectivity index (χ2v) is 3.79. The van der Waals surface area contributed by atoms with Crippen LogP contribution < -0.4 is 10.5 Å². The highest BCUT2D eigenvalue weighted by Gasteiger charge is 2.03. The average Bonchev–Trinajstić information content (AvgIpc) is 2.09. The monoisotopic (exact) mass is 249 g/mol. The van der Waals surface area contributed by atoms with E-state index in [1.807, 2.05) is 32.0 Å². The number of halogens is 2. The minimum Gasteiger partial charge on any atom is -0.492 e. The van der Waals surface area contributed by atoms with Gasteiger partial charge in [0.2, 0.25) is 0 Å². The fraction of sp³-hybridized carbons (Fsp3) is 0.455. The fourth-order valence-electron chi connectivity index (χ4n) is 1.32. The van der Waals surface area contributed by atoms with Crippen LogP contribution in [-0.2, 0) is 6.42 Å². The summed E-state index contributed by atoms with van der Waals surface area (Å²) in [5.74, 6) is 0.739. The smallest absolute Gasteiger partial charge is 0.137 e. The number of nitrogens with two attached hydrogens (primary N) is 1. The zero-order valence-electron chi connectivity index (χ0n) is 9.00. The summed E-state index contributed by atoms with van der Waals surface area (Å²) in [4.78, 5) is 0. The lowest BCUT2D eigenvalue weighted by atomic mass is 10.1. The van der Waals surface area contributed by atoms with Crippen molar-refractivity contribution in [2.24, 2.45) is 5.73 Å². The summed E-state index contributed by atoms with van der Waals surface area (Å²) in [6, 6.07) is 5.96. The highest BCUT2D eigenvalue weighted by molar-refractivity contribution is 6.32. The molecule has 1 aromatic carbocycles. The van der Waals surface area contributed by atoms with Gasteiger partial charge in [0.25, 0.3) is 0 Å². The van der Waals surface area contributed by atoms with Crippen molar-refractivity contribution in [3.63, 3.8) is 0 Å². The summed E-state index contributed by atoms with van der Waals surface area (Å²) in [5, 5.41) is 0.657. The molecule has 86 valence electrons. The van der Waals surface area contributed by atoms with E-state index in [0.717, 1.165) is 17.7 Å². The molecule has 4 heteroatoms. The van der Waals surface area contributed by atoms with E-state index in [4.69, 9.17) is 22.1 Å². The Morgan fingerprint density at radius 2 is 2.13 bits per heavy atom. The molecule has 0 radical (unpaired) electrons. The standard InChI is InChI=1S/C11H16ClNO.ClH/c1-3-14-11-5-4-9(6-8(2)13)7-10(11)12;/h4-5,7-8H,3,6,13H2,1-2H3;1H. The van der Waals surface area contributed by atoms with Gasteiger partial charge in [-0.05, 0) is 38.0 Å². The number of ether oxygens (including phenoxy) is 1. The normalized spacial score (nSPS) is 11.7. The van der Waals surface area contributed by atoms with Crippen LogP contribution in [-0.4, -0.2) is 12.6 Å². The van der Waals surface area contributed by atoms with Gasteiger partial charge in [0, 0.05) is 6.04 Å². The van der Waals surface area contributed by atoms with E-state index < -0.39 is 0 Å². The first kappa shape index (κ1) is 14.6. The number of hydrogen-bond acceptors (Lipinski definition) is 2. The minimum absolute atomic E-state index is 0. The zero-order chi connectivity index (χ0) is 10.6. The molecule has 0 aliphatic carbocycles. The molecular formula is C11H17Cl2NO. The van der Waals surface area contributed by atoms with E-state index in [1.54, 1.807) is 0 Å². The summed E-state index contributed by atoms with van der Waals surface area (Å²) in [6.07, 6.45) is 0.839. The van der Waals surface area contributed by atoms with Gasteiger partial charge in [-0.2, -0.15) is 0 Å². The number of rotatable bonds is 4. The van der Waals surface area contributed by atoms with Gasteiger partial charge in [0.1, 0.15) is 5.75 Å². The van der Waals surface area contributed by atoms with Crippen molar-refractivity contribution in [1.82, 2.24) is 0 Å². The predicted octanol–water partition coefficient (Wildman–Crippen LogP) is 3.05. The molecule has 0 amide bonds. The molecule has 0 bridgehead atoms. The Bertz CT molecular complexity index is 303. The quantitative estimate of drug-likeness (QED) is 0.891. The molecular weight excluding hydrogens is 233 g/mol.